The van der Waals surface area contributed by atoms with Gasteiger partial charge in [-0.15, -0.1) is 0 Å². The van der Waals surface area contributed by atoms with Gasteiger partial charge in [-0.1, -0.05) is 26.0 Å². The first-order valence-electron chi connectivity index (χ1n) is 8.18. The highest BCUT2D eigenvalue weighted by Crippen LogP contribution is 2.26. The average Bonchev–Trinajstić information content (AvgIpc) is 2.43. The van der Waals surface area contributed by atoms with Gasteiger partial charge in [0.05, 0.1) is 12.7 Å². The van der Waals surface area contributed by atoms with Gasteiger partial charge in [-0.3, -0.25) is 0 Å². The molecule has 1 N–H and O–H groups in total. The van der Waals surface area contributed by atoms with Crippen LogP contribution in [0.4, 0.5) is 0 Å². The normalized spacial score (nSPS) is 22.9. The molecule has 21 heavy (non-hydrogen) atoms. The van der Waals surface area contributed by atoms with Crippen LogP contribution in [-0.2, 0) is 4.74 Å². The summed E-state index contributed by atoms with van der Waals surface area (Å²) in [6.45, 7) is 10.2. The fraction of sp³-hybridized carbons (Fsp3) is 0.667. The van der Waals surface area contributed by atoms with E-state index in [-0.39, 0.29) is 0 Å². The number of nitrogens with one attached hydrogen (secondary N) is 1. The zero-order valence-electron chi connectivity index (χ0n) is 13.8. The SMILES string of the molecule is CCOC1CC(NC(C)c2ccc(OCC(C)C)cc2)C1. The Bertz CT molecular complexity index is 410. The lowest BCUT2D eigenvalue weighted by Gasteiger charge is -2.37. The van der Waals surface area contributed by atoms with Crippen LogP contribution in [0.5, 0.6) is 5.75 Å². The van der Waals surface area contributed by atoms with Crippen LogP contribution in [0, 0.1) is 5.92 Å². The molecule has 3 nitrogen and oxygen atoms in total. The van der Waals surface area contributed by atoms with Gasteiger partial charge in [0.25, 0.3) is 0 Å². The molecule has 0 saturated heterocycles. The minimum absolute atomic E-state index is 0.372. The van der Waals surface area contributed by atoms with Gasteiger partial charge in [0.2, 0.25) is 0 Å². The molecule has 1 aromatic carbocycles. The predicted molar refractivity (Wildman–Crippen MR) is 86.8 cm³/mol. The summed E-state index contributed by atoms with van der Waals surface area (Å²) in [6.07, 6.45) is 2.73. The fourth-order valence-electron chi connectivity index (χ4n) is 2.64. The Morgan fingerprint density at radius 3 is 2.38 bits per heavy atom. The van der Waals surface area contributed by atoms with E-state index in [1.807, 2.05) is 0 Å². The maximum atomic E-state index is 5.72. The van der Waals surface area contributed by atoms with Crippen LogP contribution in [0.1, 0.15) is 52.1 Å². The number of hydrogen-bond acceptors (Lipinski definition) is 3. The van der Waals surface area contributed by atoms with Crippen molar-refractivity contribution >= 4 is 0 Å². The Morgan fingerprint density at radius 2 is 1.81 bits per heavy atom. The third-order valence-electron chi connectivity index (χ3n) is 3.95. The minimum Gasteiger partial charge on any atom is -0.493 e. The van der Waals surface area contributed by atoms with Crippen molar-refractivity contribution in [3.05, 3.63) is 29.8 Å². The van der Waals surface area contributed by atoms with Gasteiger partial charge in [-0.05, 0) is 50.3 Å². The molecular formula is C18H29NO2. The van der Waals surface area contributed by atoms with Crippen molar-refractivity contribution in [3.8, 4) is 5.75 Å². The first kappa shape index (κ1) is 16.3. The van der Waals surface area contributed by atoms with Crippen LogP contribution in [-0.4, -0.2) is 25.4 Å². The van der Waals surface area contributed by atoms with Gasteiger partial charge in [0.1, 0.15) is 5.75 Å². The van der Waals surface area contributed by atoms with E-state index in [1.54, 1.807) is 0 Å². The second-order valence-corrected chi connectivity index (χ2v) is 6.41. The lowest BCUT2D eigenvalue weighted by Crippen LogP contribution is -2.46. The Labute approximate surface area is 129 Å². The Balaban J connectivity index is 1.76. The van der Waals surface area contributed by atoms with Crippen LogP contribution < -0.4 is 10.1 Å². The van der Waals surface area contributed by atoms with Crippen molar-refractivity contribution in [2.24, 2.45) is 5.92 Å². The molecule has 118 valence electrons. The first-order valence-corrected chi connectivity index (χ1v) is 8.18. The second kappa shape index (κ2) is 7.81. The van der Waals surface area contributed by atoms with Crippen molar-refractivity contribution < 1.29 is 9.47 Å². The van der Waals surface area contributed by atoms with Crippen molar-refractivity contribution in [1.29, 1.82) is 0 Å². The molecule has 0 aromatic heterocycles. The third kappa shape index (κ3) is 5.01. The van der Waals surface area contributed by atoms with E-state index in [2.05, 4.69) is 57.3 Å². The second-order valence-electron chi connectivity index (χ2n) is 6.41. The number of ether oxygens (including phenoxy) is 2. The van der Waals surface area contributed by atoms with Crippen molar-refractivity contribution in [1.82, 2.24) is 5.32 Å². The topological polar surface area (TPSA) is 30.5 Å². The summed E-state index contributed by atoms with van der Waals surface area (Å²) >= 11 is 0. The van der Waals surface area contributed by atoms with E-state index in [0.29, 0.717) is 24.1 Å². The molecule has 0 amide bonds. The highest BCUT2D eigenvalue weighted by molar-refractivity contribution is 5.29. The molecule has 0 bridgehead atoms. The van der Waals surface area contributed by atoms with Gasteiger partial charge in [0, 0.05) is 18.7 Å². The predicted octanol–water partition coefficient (Wildman–Crippen LogP) is 3.94. The molecule has 1 aliphatic carbocycles. The standard InChI is InChI=1S/C18H29NO2/c1-5-20-18-10-16(11-18)19-14(4)15-6-8-17(9-7-15)21-12-13(2)3/h6-9,13-14,16,18-19H,5,10-12H2,1-4H3. The minimum atomic E-state index is 0.372. The summed E-state index contributed by atoms with van der Waals surface area (Å²) in [5.74, 6) is 1.52. The zero-order valence-corrected chi connectivity index (χ0v) is 13.8. The van der Waals surface area contributed by atoms with Gasteiger partial charge in [0.15, 0.2) is 0 Å². The molecule has 1 fully saturated rings. The molecule has 1 aromatic rings. The van der Waals surface area contributed by atoms with E-state index in [4.69, 9.17) is 9.47 Å². The number of benzene rings is 1. The highest BCUT2D eigenvalue weighted by Gasteiger charge is 2.30. The maximum Gasteiger partial charge on any atom is 0.119 e. The number of hydrogen-bond donors (Lipinski definition) is 1. The molecule has 2 rings (SSSR count). The van der Waals surface area contributed by atoms with E-state index >= 15 is 0 Å². The van der Waals surface area contributed by atoms with Gasteiger partial charge < -0.3 is 14.8 Å². The molecule has 1 saturated carbocycles. The largest absolute Gasteiger partial charge is 0.493 e. The van der Waals surface area contributed by atoms with E-state index in [1.165, 1.54) is 5.56 Å². The van der Waals surface area contributed by atoms with Crippen LogP contribution in [0.25, 0.3) is 0 Å². The summed E-state index contributed by atoms with van der Waals surface area (Å²) in [7, 11) is 0. The fourth-order valence-corrected chi connectivity index (χ4v) is 2.64. The van der Waals surface area contributed by atoms with Crippen molar-refractivity contribution in [2.45, 2.75) is 58.7 Å². The lowest BCUT2D eigenvalue weighted by atomic mass is 9.88. The van der Waals surface area contributed by atoms with Gasteiger partial charge in [-0.25, -0.2) is 0 Å². The Kier molecular flexibility index (Phi) is 6.07. The maximum absolute atomic E-state index is 5.72. The van der Waals surface area contributed by atoms with Crippen molar-refractivity contribution in [3.63, 3.8) is 0 Å². The van der Waals surface area contributed by atoms with Crippen LogP contribution in [0.15, 0.2) is 24.3 Å². The molecule has 0 spiro atoms. The monoisotopic (exact) mass is 291 g/mol. The van der Waals surface area contributed by atoms with E-state index in [0.717, 1.165) is 31.8 Å². The van der Waals surface area contributed by atoms with Crippen molar-refractivity contribution in [2.75, 3.05) is 13.2 Å². The molecule has 0 aliphatic heterocycles. The third-order valence-corrected chi connectivity index (χ3v) is 3.95. The Morgan fingerprint density at radius 1 is 1.14 bits per heavy atom. The molecule has 0 heterocycles. The van der Waals surface area contributed by atoms with Gasteiger partial charge in [-0.2, -0.15) is 0 Å². The van der Waals surface area contributed by atoms with Gasteiger partial charge >= 0.3 is 0 Å². The average molecular weight is 291 g/mol. The molecule has 0 radical (unpaired) electrons. The van der Waals surface area contributed by atoms with E-state index < -0.39 is 0 Å². The highest BCUT2D eigenvalue weighted by atomic mass is 16.5. The summed E-state index contributed by atoms with van der Waals surface area (Å²) < 4.78 is 11.3. The summed E-state index contributed by atoms with van der Waals surface area (Å²) in [4.78, 5) is 0. The first-order chi connectivity index (χ1) is 10.1. The quantitative estimate of drug-likeness (QED) is 0.787. The lowest BCUT2D eigenvalue weighted by molar-refractivity contribution is -0.0120. The van der Waals surface area contributed by atoms with E-state index in [9.17, 15) is 0 Å². The molecular weight excluding hydrogens is 262 g/mol. The smallest absolute Gasteiger partial charge is 0.119 e. The summed E-state index contributed by atoms with van der Waals surface area (Å²) in [5, 5.41) is 3.67. The van der Waals surface area contributed by atoms with Crippen LogP contribution in [0.2, 0.25) is 0 Å². The molecule has 1 unspecified atom stereocenters. The molecule has 1 atom stereocenters. The molecule has 3 heteroatoms. The summed E-state index contributed by atoms with van der Waals surface area (Å²) in [5.41, 5.74) is 1.31. The summed E-state index contributed by atoms with van der Waals surface area (Å²) in [6, 6.07) is 9.42. The van der Waals surface area contributed by atoms with Crippen LogP contribution >= 0.6 is 0 Å². The zero-order chi connectivity index (χ0) is 15.2. The number of rotatable bonds is 8. The Hall–Kier alpha value is -1.06. The molecule has 1 aliphatic rings. The van der Waals surface area contributed by atoms with Crippen LogP contribution in [0.3, 0.4) is 0 Å².